The van der Waals surface area contributed by atoms with E-state index in [-0.39, 0.29) is 0 Å². The van der Waals surface area contributed by atoms with Crippen LogP contribution in [0.25, 0.3) is 21.4 Å². The second kappa shape index (κ2) is 5.99. The summed E-state index contributed by atoms with van der Waals surface area (Å²) in [6.45, 7) is 1.73. The SMILES string of the molecule is Cc1oc2c(OCC(=O)O)cccc2c1CCN=[N+]=[N-]. The van der Waals surface area contributed by atoms with Gasteiger partial charge < -0.3 is 14.3 Å². The van der Waals surface area contributed by atoms with Crippen LogP contribution in [-0.2, 0) is 11.2 Å². The summed E-state index contributed by atoms with van der Waals surface area (Å²) in [5.41, 5.74) is 9.76. The van der Waals surface area contributed by atoms with Crippen molar-refractivity contribution in [3.63, 3.8) is 0 Å². The van der Waals surface area contributed by atoms with Crippen LogP contribution in [0.15, 0.2) is 27.7 Å². The Labute approximate surface area is 114 Å². The number of aryl methyl sites for hydroxylation is 1. The van der Waals surface area contributed by atoms with E-state index in [2.05, 4.69) is 10.0 Å². The molecular weight excluding hydrogens is 262 g/mol. The lowest BCUT2D eigenvalue weighted by molar-refractivity contribution is -0.139. The van der Waals surface area contributed by atoms with Crippen LogP contribution in [0.5, 0.6) is 5.75 Å². The van der Waals surface area contributed by atoms with Crippen LogP contribution in [0.3, 0.4) is 0 Å². The predicted molar refractivity (Wildman–Crippen MR) is 71.8 cm³/mol. The third kappa shape index (κ3) is 2.84. The van der Waals surface area contributed by atoms with Gasteiger partial charge in [-0.05, 0) is 24.9 Å². The maximum Gasteiger partial charge on any atom is 0.341 e. The zero-order chi connectivity index (χ0) is 14.5. The van der Waals surface area contributed by atoms with Gasteiger partial charge >= 0.3 is 5.97 Å². The van der Waals surface area contributed by atoms with Crippen LogP contribution >= 0.6 is 0 Å². The van der Waals surface area contributed by atoms with E-state index >= 15 is 0 Å². The van der Waals surface area contributed by atoms with Crippen molar-refractivity contribution in [2.24, 2.45) is 5.11 Å². The molecule has 0 spiro atoms. The summed E-state index contributed by atoms with van der Waals surface area (Å²) in [4.78, 5) is 13.3. The van der Waals surface area contributed by atoms with Crippen LogP contribution < -0.4 is 4.74 Å². The molecule has 0 amide bonds. The molecule has 0 unspecified atom stereocenters. The van der Waals surface area contributed by atoms with Gasteiger partial charge in [-0.2, -0.15) is 0 Å². The van der Waals surface area contributed by atoms with Gasteiger partial charge in [-0.1, -0.05) is 17.2 Å². The Hall–Kier alpha value is -2.66. The summed E-state index contributed by atoms with van der Waals surface area (Å²) in [6.07, 6.45) is 0.561. The topological polar surface area (TPSA) is 108 Å². The summed E-state index contributed by atoms with van der Waals surface area (Å²) in [7, 11) is 0. The third-order valence-electron chi connectivity index (χ3n) is 2.86. The number of furan rings is 1. The van der Waals surface area contributed by atoms with E-state index in [1.165, 1.54) is 0 Å². The van der Waals surface area contributed by atoms with Crippen molar-refractivity contribution in [1.29, 1.82) is 0 Å². The number of aliphatic carboxylic acids is 1. The Balaban J connectivity index is 2.36. The van der Waals surface area contributed by atoms with E-state index in [4.69, 9.17) is 19.8 Å². The second-order valence-corrected chi connectivity index (χ2v) is 4.16. The van der Waals surface area contributed by atoms with Gasteiger partial charge in [-0.3, -0.25) is 0 Å². The average Bonchev–Trinajstić information content (AvgIpc) is 2.73. The molecule has 0 bridgehead atoms. The predicted octanol–water partition coefficient (Wildman–Crippen LogP) is 3.06. The molecule has 2 aromatic rings. The number of nitrogens with zero attached hydrogens (tertiary/aromatic N) is 3. The first-order valence-corrected chi connectivity index (χ1v) is 6.00. The number of azide groups is 1. The zero-order valence-electron chi connectivity index (χ0n) is 10.9. The molecular formula is C13H13N3O4. The monoisotopic (exact) mass is 275 g/mol. The van der Waals surface area contributed by atoms with Gasteiger partial charge in [0.1, 0.15) is 5.76 Å². The summed E-state index contributed by atoms with van der Waals surface area (Å²) >= 11 is 0. The fraction of sp³-hybridized carbons (Fsp3) is 0.308. The van der Waals surface area contributed by atoms with E-state index in [9.17, 15) is 4.79 Å². The van der Waals surface area contributed by atoms with E-state index in [1.807, 2.05) is 13.0 Å². The lowest BCUT2D eigenvalue weighted by Gasteiger charge is -2.03. The molecule has 7 nitrogen and oxygen atoms in total. The van der Waals surface area contributed by atoms with Gasteiger partial charge in [0, 0.05) is 22.4 Å². The Kier molecular flexibility index (Phi) is 4.12. The summed E-state index contributed by atoms with van der Waals surface area (Å²) in [5.74, 6) is 0.0522. The summed E-state index contributed by atoms with van der Waals surface area (Å²) < 4.78 is 10.8. The number of ether oxygens (including phenoxy) is 1. The fourth-order valence-electron chi connectivity index (χ4n) is 2.03. The Morgan fingerprint density at radius 3 is 3.05 bits per heavy atom. The average molecular weight is 275 g/mol. The second-order valence-electron chi connectivity index (χ2n) is 4.16. The molecule has 0 saturated carbocycles. The number of carboxylic acid groups (broad SMARTS) is 1. The molecule has 0 aliphatic rings. The molecule has 0 aliphatic heterocycles. The van der Waals surface area contributed by atoms with E-state index < -0.39 is 12.6 Å². The molecule has 1 aromatic heterocycles. The molecule has 104 valence electrons. The number of carboxylic acids is 1. The highest BCUT2D eigenvalue weighted by molar-refractivity contribution is 5.87. The van der Waals surface area contributed by atoms with Crippen molar-refractivity contribution >= 4 is 16.9 Å². The molecule has 0 fully saturated rings. The molecule has 1 aromatic carbocycles. The first-order chi connectivity index (χ1) is 9.63. The number of fused-ring (bicyclic) bond motifs is 1. The van der Waals surface area contributed by atoms with E-state index in [0.717, 1.165) is 10.9 Å². The van der Waals surface area contributed by atoms with Crippen molar-refractivity contribution in [2.45, 2.75) is 13.3 Å². The lowest BCUT2D eigenvalue weighted by Crippen LogP contribution is -2.09. The zero-order valence-corrected chi connectivity index (χ0v) is 10.9. The molecule has 20 heavy (non-hydrogen) atoms. The van der Waals surface area contributed by atoms with Crippen molar-refractivity contribution in [2.75, 3.05) is 13.2 Å². The van der Waals surface area contributed by atoms with E-state index in [0.29, 0.717) is 30.1 Å². The lowest BCUT2D eigenvalue weighted by atomic mass is 10.1. The summed E-state index contributed by atoms with van der Waals surface area (Å²) in [6, 6.07) is 5.29. The van der Waals surface area contributed by atoms with Gasteiger partial charge in [0.25, 0.3) is 0 Å². The normalized spacial score (nSPS) is 10.2. The van der Waals surface area contributed by atoms with Crippen LogP contribution in [-0.4, -0.2) is 24.2 Å². The molecule has 7 heteroatoms. The van der Waals surface area contributed by atoms with Crippen molar-refractivity contribution in [3.8, 4) is 5.75 Å². The number of carbonyl (C=O) groups is 1. The van der Waals surface area contributed by atoms with Crippen molar-refractivity contribution in [1.82, 2.24) is 0 Å². The maximum atomic E-state index is 10.6. The standard InChI is InChI=1S/C13H13N3O4/c1-8-9(5-6-15-16-14)10-3-2-4-11(13(10)20-8)19-7-12(17)18/h2-4H,5-7H2,1H3,(H,17,18). The summed E-state index contributed by atoms with van der Waals surface area (Å²) in [5, 5.41) is 13.0. The number of benzene rings is 1. The van der Waals surface area contributed by atoms with Gasteiger partial charge in [0.15, 0.2) is 17.9 Å². The molecule has 1 N–H and O–H groups in total. The first kappa shape index (κ1) is 13.8. The molecule has 0 atom stereocenters. The number of para-hydroxylation sites is 1. The largest absolute Gasteiger partial charge is 0.479 e. The van der Waals surface area contributed by atoms with Gasteiger partial charge in [0.2, 0.25) is 0 Å². The number of rotatable bonds is 6. The van der Waals surface area contributed by atoms with Gasteiger partial charge in [-0.25, -0.2) is 4.79 Å². The molecule has 2 rings (SSSR count). The van der Waals surface area contributed by atoms with Crippen LogP contribution in [0, 0.1) is 6.92 Å². The van der Waals surface area contributed by atoms with E-state index in [1.54, 1.807) is 12.1 Å². The van der Waals surface area contributed by atoms with Crippen LogP contribution in [0.2, 0.25) is 0 Å². The molecule has 1 heterocycles. The quantitative estimate of drug-likeness (QED) is 0.496. The number of hydrogen-bond acceptors (Lipinski definition) is 4. The van der Waals surface area contributed by atoms with Gasteiger partial charge in [0.05, 0.1) is 0 Å². The highest BCUT2D eigenvalue weighted by atomic mass is 16.5. The highest BCUT2D eigenvalue weighted by Gasteiger charge is 2.14. The molecule has 0 aliphatic carbocycles. The molecule has 0 radical (unpaired) electrons. The fourth-order valence-corrected chi connectivity index (χ4v) is 2.03. The van der Waals surface area contributed by atoms with Crippen LogP contribution in [0.4, 0.5) is 0 Å². The minimum atomic E-state index is -1.05. The molecule has 0 saturated heterocycles. The Morgan fingerprint density at radius 2 is 2.35 bits per heavy atom. The Bertz CT molecular complexity index is 686. The minimum absolute atomic E-state index is 0.339. The smallest absolute Gasteiger partial charge is 0.341 e. The number of hydrogen-bond donors (Lipinski definition) is 1. The highest BCUT2D eigenvalue weighted by Crippen LogP contribution is 2.32. The third-order valence-corrected chi connectivity index (χ3v) is 2.86. The minimum Gasteiger partial charge on any atom is -0.479 e. The van der Waals surface area contributed by atoms with Crippen molar-refractivity contribution in [3.05, 3.63) is 40.0 Å². The Morgan fingerprint density at radius 1 is 1.55 bits per heavy atom. The first-order valence-electron chi connectivity index (χ1n) is 6.00. The van der Waals surface area contributed by atoms with Gasteiger partial charge in [-0.15, -0.1) is 0 Å². The maximum absolute atomic E-state index is 10.6. The van der Waals surface area contributed by atoms with Crippen LogP contribution in [0.1, 0.15) is 11.3 Å². The van der Waals surface area contributed by atoms with Crippen molar-refractivity contribution < 1.29 is 19.1 Å².